The molecule has 0 bridgehead atoms. The first-order chi connectivity index (χ1) is 18.4. The molecule has 2 aliphatic heterocycles. The highest BCUT2D eigenvalue weighted by Crippen LogP contribution is 2.47. The lowest BCUT2D eigenvalue weighted by atomic mass is 9.91. The number of amides is 1. The Morgan fingerprint density at radius 2 is 1.97 bits per heavy atom. The summed E-state index contributed by atoms with van der Waals surface area (Å²) in [6, 6.07) is 6.62. The molecule has 4 heterocycles. The standard InChI is InChI=1S/C28H35ClN4O6/c1-15-18-9-11-33(24(18)31-14-30-15)25-23-22(37-28(5,6)38-23)21(36-25)20(32-26(35)39-27(2,3)4)19-8-7-17(29)13-16(19)10-12-34/h7-9,11,13-14,20-23,25,34H,10,12H2,1-6H3,(H,32,35)/t20-,21-,22-,23-,25?/m1/s1. The molecule has 10 nitrogen and oxygen atoms in total. The van der Waals surface area contributed by atoms with Gasteiger partial charge >= 0.3 is 6.09 Å². The van der Waals surface area contributed by atoms with Crippen molar-refractivity contribution >= 4 is 28.7 Å². The third-order valence-corrected chi connectivity index (χ3v) is 7.10. The Labute approximate surface area is 232 Å². The summed E-state index contributed by atoms with van der Waals surface area (Å²) in [5, 5.41) is 14.2. The Hall–Kier alpha value is -2.76. The van der Waals surface area contributed by atoms with Gasteiger partial charge in [0.15, 0.2) is 12.0 Å². The monoisotopic (exact) mass is 558 g/mol. The van der Waals surface area contributed by atoms with Crippen LogP contribution in [-0.4, -0.2) is 62.0 Å². The molecular formula is C28H35ClN4O6. The molecule has 11 heteroatoms. The number of benzene rings is 1. The van der Waals surface area contributed by atoms with E-state index in [0.29, 0.717) is 17.1 Å². The second-order valence-electron chi connectivity index (χ2n) is 11.4. The van der Waals surface area contributed by atoms with E-state index in [1.165, 1.54) is 6.33 Å². The summed E-state index contributed by atoms with van der Waals surface area (Å²) < 4.78 is 27.0. The molecule has 5 atom stereocenters. The van der Waals surface area contributed by atoms with Gasteiger partial charge in [0.1, 0.15) is 35.9 Å². The van der Waals surface area contributed by atoms with Gasteiger partial charge in [-0.15, -0.1) is 0 Å². The molecule has 5 rings (SSSR count). The number of aromatic nitrogens is 3. The average molecular weight is 559 g/mol. The van der Waals surface area contributed by atoms with Crippen LogP contribution in [0.2, 0.25) is 5.02 Å². The number of halogens is 1. The van der Waals surface area contributed by atoms with E-state index < -0.39 is 48.1 Å². The van der Waals surface area contributed by atoms with Crippen molar-refractivity contribution in [3.63, 3.8) is 0 Å². The van der Waals surface area contributed by atoms with Crippen LogP contribution in [0.15, 0.2) is 36.8 Å². The molecule has 0 aliphatic carbocycles. The van der Waals surface area contributed by atoms with Crippen molar-refractivity contribution in [2.75, 3.05) is 6.61 Å². The minimum atomic E-state index is -0.881. The SMILES string of the molecule is Cc1ncnc2c1ccn2C1O[C@H]([C@H](NC(=O)OC(C)(C)C)c2ccc(Cl)cc2CCO)[C@H]2OC(C)(C)O[C@@H]12. The topological polar surface area (TPSA) is 117 Å². The van der Waals surface area contributed by atoms with E-state index >= 15 is 0 Å². The van der Waals surface area contributed by atoms with Crippen LogP contribution in [0.3, 0.4) is 0 Å². The van der Waals surface area contributed by atoms with Crippen LogP contribution in [0.5, 0.6) is 0 Å². The van der Waals surface area contributed by atoms with Gasteiger partial charge in [-0.25, -0.2) is 14.8 Å². The van der Waals surface area contributed by atoms with Gasteiger partial charge in [0.2, 0.25) is 0 Å². The van der Waals surface area contributed by atoms with Gasteiger partial charge in [0.05, 0.1) is 11.7 Å². The number of nitrogens with one attached hydrogen (secondary N) is 1. The molecule has 39 heavy (non-hydrogen) atoms. The Balaban J connectivity index is 1.59. The Bertz CT molecular complexity index is 1370. The molecule has 1 unspecified atom stereocenters. The summed E-state index contributed by atoms with van der Waals surface area (Å²) in [5.74, 6) is -0.881. The summed E-state index contributed by atoms with van der Waals surface area (Å²) in [7, 11) is 0. The molecular weight excluding hydrogens is 524 g/mol. The first kappa shape index (κ1) is 27.8. The molecule has 0 spiro atoms. The lowest BCUT2D eigenvalue weighted by molar-refractivity contribution is -0.199. The van der Waals surface area contributed by atoms with Gasteiger partial charge in [-0.2, -0.15) is 0 Å². The summed E-state index contributed by atoms with van der Waals surface area (Å²) in [6.45, 7) is 11.0. The van der Waals surface area contributed by atoms with Crippen LogP contribution in [0.4, 0.5) is 4.79 Å². The number of alkyl carbamates (subject to hydrolysis) is 1. The average Bonchev–Trinajstić information content (AvgIpc) is 3.48. The third kappa shape index (κ3) is 5.62. The smallest absolute Gasteiger partial charge is 0.408 e. The minimum Gasteiger partial charge on any atom is -0.444 e. The zero-order valence-electron chi connectivity index (χ0n) is 23.0. The zero-order valence-corrected chi connectivity index (χ0v) is 23.7. The molecule has 1 aromatic carbocycles. The number of rotatable bonds is 6. The summed E-state index contributed by atoms with van der Waals surface area (Å²) in [6.07, 6.45) is 0.868. The van der Waals surface area contributed by atoms with Gasteiger partial charge in [-0.3, -0.25) is 0 Å². The lowest BCUT2D eigenvalue weighted by Gasteiger charge is -2.32. The second kappa shape index (κ2) is 10.3. The van der Waals surface area contributed by atoms with E-state index in [1.807, 2.05) is 43.7 Å². The van der Waals surface area contributed by atoms with Crippen molar-refractivity contribution in [3.8, 4) is 0 Å². The number of aliphatic hydroxyl groups is 1. The van der Waals surface area contributed by atoms with E-state index in [-0.39, 0.29) is 6.61 Å². The van der Waals surface area contributed by atoms with Crippen LogP contribution in [0, 0.1) is 6.92 Å². The zero-order chi connectivity index (χ0) is 28.1. The molecule has 1 amide bonds. The predicted octanol–water partition coefficient (Wildman–Crippen LogP) is 4.61. The highest BCUT2D eigenvalue weighted by atomic mass is 35.5. The maximum Gasteiger partial charge on any atom is 0.408 e. The Morgan fingerprint density at radius 1 is 1.23 bits per heavy atom. The van der Waals surface area contributed by atoms with E-state index in [1.54, 1.807) is 32.9 Å². The third-order valence-electron chi connectivity index (χ3n) is 6.87. The van der Waals surface area contributed by atoms with Crippen LogP contribution in [0.1, 0.15) is 63.7 Å². The molecule has 210 valence electrons. The van der Waals surface area contributed by atoms with E-state index in [4.69, 9.17) is 30.5 Å². The number of carbonyl (C=O) groups excluding carboxylic acids is 1. The molecule has 2 aromatic heterocycles. The molecule has 0 saturated carbocycles. The maximum absolute atomic E-state index is 13.1. The van der Waals surface area contributed by atoms with Gasteiger partial charge in [0.25, 0.3) is 0 Å². The fourth-order valence-corrected chi connectivity index (χ4v) is 5.58. The highest BCUT2D eigenvalue weighted by molar-refractivity contribution is 6.30. The predicted molar refractivity (Wildman–Crippen MR) is 144 cm³/mol. The summed E-state index contributed by atoms with van der Waals surface area (Å²) in [4.78, 5) is 21.9. The molecule has 3 aromatic rings. The fourth-order valence-electron chi connectivity index (χ4n) is 5.39. The highest BCUT2D eigenvalue weighted by Gasteiger charge is 2.58. The first-order valence-electron chi connectivity index (χ1n) is 13.0. The van der Waals surface area contributed by atoms with Gasteiger partial charge in [-0.05, 0) is 77.3 Å². The van der Waals surface area contributed by atoms with E-state index in [2.05, 4.69) is 15.3 Å². The van der Waals surface area contributed by atoms with Crippen LogP contribution >= 0.6 is 11.6 Å². The maximum atomic E-state index is 13.1. The fraction of sp³-hybridized carbons (Fsp3) is 0.536. The van der Waals surface area contributed by atoms with Crippen LogP contribution in [-0.2, 0) is 25.4 Å². The molecule has 2 saturated heterocycles. The second-order valence-corrected chi connectivity index (χ2v) is 11.9. The van der Waals surface area contributed by atoms with Crippen LogP contribution in [0.25, 0.3) is 11.0 Å². The van der Waals surface area contributed by atoms with Gasteiger partial charge < -0.3 is 33.9 Å². The molecule has 2 N–H and O–H groups in total. The number of nitrogens with zero attached hydrogens (tertiary/aromatic N) is 3. The van der Waals surface area contributed by atoms with Gasteiger partial charge in [0, 0.05) is 23.2 Å². The normalized spacial score (nSPS) is 25.0. The number of aryl methyl sites for hydroxylation is 1. The van der Waals surface area contributed by atoms with Crippen molar-refractivity contribution in [3.05, 3.63) is 58.6 Å². The van der Waals surface area contributed by atoms with Crippen molar-refractivity contribution < 1.29 is 28.8 Å². The van der Waals surface area contributed by atoms with Crippen LogP contribution < -0.4 is 5.32 Å². The molecule has 2 fully saturated rings. The summed E-state index contributed by atoms with van der Waals surface area (Å²) in [5.41, 5.74) is 2.38. The first-order valence-corrected chi connectivity index (χ1v) is 13.4. The van der Waals surface area contributed by atoms with E-state index in [9.17, 15) is 9.90 Å². The van der Waals surface area contributed by atoms with Crippen molar-refractivity contribution in [1.82, 2.24) is 19.9 Å². The number of fused-ring (bicyclic) bond motifs is 2. The quantitative estimate of drug-likeness (QED) is 0.450. The lowest BCUT2D eigenvalue weighted by Crippen LogP contribution is -2.44. The van der Waals surface area contributed by atoms with E-state index in [0.717, 1.165) is 22.2 Å². The Morgan fingerprint density at radius 3 is 2.69 bits per heavy atom. The Kier molecular flexibility index (Phi) is 7.36. The number of hydrogen-bond acceptors (Lipinski definition) is 8. The van der Waals surface area contributed by atoms with Crippen molar-refractivity contribution in [1.29, 1.82) is 0 Å². The summed E-state index contributed by atoms with van der Waals surface area (Å²) >= 11 is 6.31. The number of aliphatic hydroxyl groups excluding tert-OH is 1. The number of hydrogen-bond donors (Lipinski definition) is 2. The largest absolute Gasteiger partial charge is 0.444 e. The number of ether oxygens (including phenoxy) is 4. The van der Waals surface area contributed by atoms with Gasteiger partial charge in [-0.1, -0.05) is 17.7 Å². The van der Waals surface area contributed by atoms with Crippen molar-refractivity contribution in [2.45, 2.75) is 89.9 Å². The molecule has 0 radical (unpaired) electrons. The molecule has 2 aliphatic rings. The van der Waals surface area contributed by atoms with Crippen molar-refractivity contribution in [2.24, 2.45) is 0 Å². The minimum absolute atomic E-state index is 0.0895. The number of carbonyl (C=O) groups is 1.